The third-order valence-electron chi connectivity index (χ3n) is 7.36. The molecule has 2 aromatic heterocycles. The summed E-state index contributed by atoms with van der Waals surface area (Å²) in [5, 5.41) is 0. The first kappa shape index (κ1) is 23.8. The second-order valence-corrected chi connectivity index (χ2v) is 9.62. The number of anilines is 1. The molecule has 0 unspecified atom stereocenters. The Balaban J connectivity index is 1.48. The van der Waals surface area contributed by atoms with Crippen molar-refractivity contribution in [3.05, 3.63) is 48.7 Å². The highest BCUT2D eigenvalue weighted by Crippen LogP contribution is 2.32. The van der Waals surface area contributed by atoms with Crippen LogP contribution < -0.4 is 4.90 Å². The average Bonchev–Trinajstić information content (AvgIpc) is 3.43. The lowest BCUT2D eigenvalue weighted by molar-refractivity contribution is 0.0641. The maximum absolute atomic E-state index is 5.69. The smallest absolute Gasteiger partial charge is 0.142 e. The molecule has 7 nitrogen and oxygen atoms in total. The minimum Gasteiger partial charge on any atom is -0.380 e. The molecule has 2 saturated heterocycles. The van der Waals surface area contributed by atoms with E-state index in [1.165, 1.54) is 12.8 Å². The zero-order chi connectivity index (χ0) is 24.4. The SMILES string of the molecule is C=C(c1ccc2c(c1)nc(-c1ccc(N3[C@@H](C)CC[C@@H]3C)nc1)n2CCOCC)N1CCOCC1. The van der Waals surface area contributed by atoms with Crippen LogP contribution in [0, 0.1) is 0 Å². The van der Waals surface area contributed by atoms with Crippen molar-refractivity contribution in [1.82, 2.24) is 19.4 Å². The number of imidazole rings is 1. The van der Waals surface area contributed by atoms with Crippen molar-refractivity contribution in [2.45, 2.75) is 52.2 Å². The monoisotopic (exact) mass is 475 g/mol. The van der Waals surface area contributed by atoms with Crippen molar-refractivity contribution in [1.29, 1.82) is 0 Å². The number of ether oxygens (including phenoxy) is 2. The van der Waals surface area contributed by atoms with Gasteiger partial charge in [-0.15, -0.1) is 0 Å². The third kappa shape index (κ3) is 4.80. The van der Waals surface area contributed by atoms with E-state index in [9.17, 15) is 0 Å². The van der Waals surface area contributed by atoms with Gasteiger partial charge in [-0.25, -0.2) is 9.97 Å². The quantitative estimate of drug-likeness (QED) is 0.436. The maximum atomic E-state index is 5.69. The highest BCUT2D eigenvalue weighted by Gasteiger charge is 2.28. The molecule has 7 heteroatoms. The molecule has 0 bridgehead atoms. The van der Waals surface area contributed by atoms with E-state index in [0.717, 1.165) is 72.3 Å². The fraction of sp³-hybridized carbons (Fsp3) is 0.500. The summed E-state index contributed by atoms with van der Waals surface area (Å²) in [5.74, 6) is 1.97. The number of benzene rings is 1. The molecule has 2 aliphatic heterocycles. The summed E-state index contributed by atoms with van der Waals surface area (Å²) in [6.45, 7) is 16.3. The molecule has 5 rings (SSSR count). The Morgan fingerprint density at radius 2 is 1.89 bits per heavy atom. The van der Waals surface area contributed by atoms with Crippen LogP contribution in [0.1, 0.15) is 39.2 Å². The first-order chi connectivity index (χ1) is 17.1. The van der Waals surface area contributed by atoms with Gasteiger partial charge in [-0.05, 0) is 63.4 Å². The van der Waals surface area contributed by atoms with Crippen molar-refractivity contribution >= 4 is 22.5 Å². The Morgan fingerprint density at radius 3 is 2.57 bits per heavy atom. The van der Waals surface area contributed by atoms with Crippen LogP contribution in [0.4, 0.5) is 5.82 Å². The average molecular weight is 476 g/mol. The van der Waals surface area contributed by atoms with Gasteiger partial charge in [0.1, 0.15) is 11.6 Å². The zero-order valence-electron chi connectivity index (χ0n) is 21.2. The molecule has 0 N–H and O–H groups in total. The molecule has 2 fully saturated rings. The summed E-state index contributed by atoms with van der Waals surface area (Å²) < 4.78 is 13.5. The zero-order valence-corrected chi connectivity index (χ0v) is 21.2. The lowest BCUT2D eigenvalue weighted by atomic mass is 10.1. The summed E-state index contributed by atoms with van der Waals surface area (Å²) in [7, 11) is 0. The van der Waals surface area contributed by atoms with Gasteiger partial charge in [0.05, 0.1) is 30.9 Å². The standard InChI is InChI=1S/C28H37N5O2/c1-5-34-17-14-32-26-10-8-23(22(4)31-12-15-35-16-13-31)18-25(26)30-28(32)24-9-11-27(29-19-24)33-20(2)6-7-21(33)3/h8-11,18-21H,4-7,12-17H2,1-3H3/t20-,21-/m0/s1. The van der Waals surface area contributed by atoms with Crippen LogP contribution >= 0.6 is 0 Å². The Kier molecular flexibility index (Phi) is 7.07. The van der Waals surface area contributed by atoms with Crippen LogP contribution in [0.2, 0.25) is 0 Å². The van der Waals surface area contributed by atoms with E-state index in [2.05, 4.69) is 65.1 Å². The van der Waals surface area contributed by atoms with Crippen molar-refractivity contribution in [2.24, 2.45) is 0 Å². The highest BCUT2D eigenvalue weighted by molar-refractivity contribution is 5.84. The third-order valence-corrected chi connectivity index (χ3v) is 7.36. The molecule has 2 aliphatic rings. The predicted octanol–water partition coefficient (Wildman–Crippen LogP) is 4.81. The van der Waals surface area contributed by atoms with Crippen molar-refractivity contribution < 1.29 is 9.47 Å². The van der Waals surface area contributed by atoms with Gasteiger partial charge in [0, 0.05) is 55.8 Å². The lowest BCUT2D eigenvalue weighted by Gasteiger charge is -2.30. The van der Waals surface area contributed by atoms with E-state index < -0.39 is 0 Å². The van der Waals surface area contributed by atoms with Gasteiger partial charge >= 0.3 is 0 Å². The van der Waals surface area contributed by atoms with Crippen LogP contribution in [0.3, 0.4) is 0 Å². The topological polar surface area (TPSA) is 55.7 Å². The van der Waals surface area contributed by atoms with E-state index in [1.807, 2.05) is 13.1 Å². The van der Waals surface area contributed by atoms with Gasteiger partial charge < -0.3 is 23.8 Å². The number of nitrogens with zero attached hydrogens (tertiary/aromatic N) is 5. The first-order valence-electron chi connectivity index (χ1n) is 12.9. The molecule has 2 atom stereocenters. The molecule has 3 aromatic rings. The number of hydrogen-bond acceptors (Lipinski definition) is 6. The normalized spacial score (nSPS) is 20.7. The van der Waals surface area contributed by atoms with Crippen LogP contribution in [-0.4, -0.2) is 71.0 Å². The van der Waals surface area contributed by atoms with Crippen molar-refractivity contribution in [2.75, 3.05) is 44.4 Å². The lowest BCUT2D eigenvalue weighted by Crippen LogP contribution is -2.34. The molecule has 186 valence electrons. The van der Waals surface area contributed by atoms with Crippen molar-refractivity contribution in [3.8, 4) is 11.4 Å². The van der Waals surface area contributed by atoms with Gasteiger partial charge in [-0.3, -0.25) is 0 Å². The fourth-order valence-corrected chi connectivity index (χ4v) is 5.39. The molecule has 0 spiro atoms. The second kappa shape index (κ2) is 10.4. The Morgan fingerprint density at radius 1 is 1.11 bits per heavy atom. The van der Waals surface area contributed by atoms with Gasteiger partial charge in [-0.1, -0.05) is 12.6 Å². The van der Waals surface area contributed by atoms with E-state index in [0.29, 0.717) is 25.3 Å². The predicted molar refractivity (Wildman–Crippen MR) is 142 cm³/mol. The highest BCUT2D eigenvalue weighted by atomic mass is 16.5. The van der Waals surface area contributed by atoms with E-state index in [-0.39, 0.29) is 0 Å². The number of fused-ring (bicyclic) bond motifs is 1. The summed E-state index contributed by atoms with van der Waals surface area (Å²) in [5.41, 5.74) is 5.22. The number of morpholine rings is 1. The summed E-state index contributed by atoms with van der Waals surface area (Å²) in [6, 6.07) is 11.8. The minimum absolute atomic E-state index is 0.525. The fourth-order valence-electron chi connectivity index (χ4n) is 5.39. The van der Waals surface area contributed by atoms with E-state index >= 15 is 0 Å². The number of hydrogen-bond donors (Lipinski definition) is 0. The summed E-state index contributed by atoms with van der Waals surface area (Å²) in [4.78, 5) is 14.7. The molecule has 35 heavy (non-hydrogen) atoms. The Hall–Kier alpha value is -2.90. The summed E-state index contributed by atoms with van der Waals surface area (Å²) >= 11 is 0. The number of pyridine rings is 1. The minimum atomic E-state index is 0.525. The molecular formula is C28H37N5O2. The van der Waals surface area contributed by atoms with Gasteiger partial charge in [0.2, 0.25) is 0 Å². The summed E-state index contributed by atoms with van der Waals surface area (Å²) in [6.07, 6.45) is 4.41. The first-order valence-corrected chi connectivity index (χ1v) is 12.9. The van der Waals surface area contributed by atoms with Crippen molar-refractivity contribution in [3.63, 3.8) is 0 Å². The van der Waals surface area contributed by atoms with Crippen LogP contribution in [0.5, 0.6) is 0 Å². The molecule has 0 amide bonds. The van der Waals surface area contributed by atoms with Crippen LogP contribution in [0.25, 0.3) is 28.1 Å². The van der Waals surface area contributed by atoms with Gasteiger partial charge in [0.25, 0.3) is 0 Å². The molecular weight excluding hydrogens is 438 g/mol. The second-order valence-electron chi connectivity index (χ2n) is 9.62. The molecule has 0 aliphatic carbocycles. The Bertz CT molecular complexity index is 1160. The van der Waals surface area contributed by atoms with E-state index in [4.69, 9.17) is 19.4 Å². The number of aromatic nitrogens is 3. The Labute approximate surface area is 208 Å². The van der Waals surface area contributed by atoms with Crippen LogP contribution in [0.15, 0.2) is 43.1 Å². The molecule has 1 aromatic carbocycles. The molecule has 0 radical (unpaired) electrons. The maximum Gasteiger partial charge on any atom is 0.142 e. The van der Waals surface area contributed by atoms with Gasteiger partial charge in [0.15, 0.2) is 0 Å². The molecule has 0 saturated carbocycles. The number of rotatable bonds is 8. The van der Waals surface area contributed by atoms with Gasteiger partial charge in [-0.2, -0.15) is 0 Å². The van der Waals surface area contributed by atoms with Crippen LogP contribution in [-0.2, 0) is 16.0 Å². The molecule has 4 heterocycles. The van der Waals surface area contributed by atoms with E-state index in [1.54, 1.807) is 0 Å². The largest absolute Gasteiger partial charge is 0.380 e.